The normalized spacial score (nSPS) is 23.0. The Balaban J connectivity index is 1.63. The Kier molecular flexibility index (Phi) is 3.97. The molecule has 2 nitrogen and oxygen atoms in total. The number of hydrogen-bond donors (Lipinski definition) is 0. The summed E-state index contributed by atoms with van der Waals surface area (Å²) in [4.78, 5) is 2.42. The van der Waals surface area contributed by atoms with E-state index in [2.05, 4.69) is 103 Å². The predicted octanol–water partition coefficient (Wildman–Crippen LogP) is 6.10. The van der Waals surface area contributed by atoms with Gasteiger partial charge in [-0.15, -0.1) is 0 Å². The van der Waals surface area contributed by atoms with Crippen molar-refractivity contribution in [3.63, 3.8) is 0 Å². The summed E-state index contributed by atoms with van der Waals surface area (Å²) in [7, 11) is 2.21. The molecule has 0 N–H and O–H groups in total. The maximum Gasteiger partial charge on any atom is 0.190 e. The van der Waals surface area contributed by atoms with Gasteiger partial charge in [-0.2, -0.15) is 0 Å². The van der Waals surface area contributed by atoms with Gasteiger partial charge in [-0.25, -0.2) is 0 Å². The Labute approximate surface area is 177 Å². The Morgan fingerprint density at radius 3 is 2.50 bits per heavy atom. The molecule has 148 valence electrons. The molecule has 1 spiro atoms. The molecule has 6 rings (SSSR count). The van der Waals surface area contributed by atoms with Gasteiger partial charge in [0.15, 0.2) is 5.72 Å². The predicted molar refractivity (Wildman–Crippen MR) is 122 cm³/mol. The van der Waals surface area contributed by atoms with Crippen molar-refractivity contribution in [2.75, 3.05) is 13.6 Å². The molecule has 0 bridgehead atoms. The van der Waals surface area contributed by atoms with Crippen molar-refractivity contribution in [3.8, 4) is 5.75 Å². The summed E-state index contributed by atoms with van der Waals surface area (Å²) < 4.78 is 6.98. The first-order valence-electron chi connectivity index (χ1n) is 10.8. The molecule has 2 heterocycles. The van der Waals surface area contributed by atoms with Gasteiger partial charge in [-0.05, 0) is 41.4 Å². The van der Waals surface area contributed by atoms with E-state index in [4.69, 9.17) is 4.74 Å². The van der Waals surface area contributed by atoms with E-state index >= 15 is 0 Å². The summed E-state index contributed by atoms with van der Waals surface area (Å²) in [6, 6.07) is 32.8. The van der Waals surface area contributed by atoms with Crippen LogP contribution in [0.15, 0.2) is 91.0 Å². The van der Waals surface area contributed by atoms with E-state index in [0.29, 0.717) is 0 Å². The maximum absolute atomic E-state index is 6.98. The van der Waals surface area contributed by atoms with Crippen molar-refractivity contribution in [1.82, 2.24) is 4.90 Å². The van der Waals surface area contributed by atoms with E-state index in [0.717, 1.165) is 25.1 Å². The summed E-state index contributed by atoms with van der Waals surface area (Å²) >= 11 is 0. The zero-order chi connectivity index (χ0) is 20.1. The molecule has 2 heteroatoms. The first-order chi connectivity index (χ1) is 14.8. The Bertz CT molecular complexity index is 1230. The highest BCUT2D eigenvalue weighted by Gasteiger charge is 2.49. The molecule has 2 aliphatic rings. The molecule has 0 unspecified atom stereocenters. The summed E-state index contributed by atoms with van der Waals surface area (Å²) in [5.41, 5.74) is 4.96. The van der Waals surface area contributed by atoms with Crippen molar-refractivity contribution < 1.29 is 4.74 Å². The van der Waals surface area contributed by atoms with Gasteiger partial charge in [0.05, 0.1) is 0 Å². The van der Waals surface area contributed by atoms with Crippen LogP contribution in [-0.2, 0) is 12.1 Å². The van der Waals surface area contributed by atoms with E-state index in [1.807, 2.05) is 0 Å². The van der Waals surface area contributed by atoms with Gasteiger partial charge >= 0.3 is 0 Å². The average Bonchev–Trinajstić information content (AvgIpc) is 2.81. The number of likely N-dealkylation sites (N-methyl/N-ethyl adjacent to an activating group) is 1. The van der Waals surface area contributed by atoms with Crippen LogP contribution in [-0.4, -0.2) is 18.5 Å². The van der Waals surface area contributed by atoms with Crippen LogP contribution in [0.2, 0.25) is 0 Å². The Hall–Kier alpha value is -3.10. The highest BCUT2D eigenvalue weighted by molar-refractivity contribution is 5.89. The lowest BCUT2D eigenvalue weighted by Crippen LogP contribution is -2.55. The summed E-state index contributed by atoms with van der Waals surface area (Å²) in [6.45, 7) is 1.00. The fourth-order valence-corrected chi connectivity index (χ4v) is 5.49. The molecular formula is C28H25NO. The quantitative estimate of drug-likeness (QED) is 0.389. The molecule has 0 fully saturated rings. The smallest absolute Gasteiger partial charge is 0.190 e. The molecule has 0 saturated carbocycles. The van der Waals surface area contributed by atoms with E-state index < -0.39 is 5.72 Å². The second-order valence-corrected chi connectivity index (χ2v) is 8.58. The lowest BCUT2D eigenvalue weighted by atomic mass is 9.75. The summed E-state index contributed by atoms with van der Waals surface area (Å²) in [5.74, 6) is 1.28. The van der Waals surface area contributed by atoms with Crippen LogP contribution in [0.25, 0.3) is 10.8 Å². The molecule has 4 aromatic carbocycles. The monoisotopic (exact) mass is 391 g/mol. The van der Waals surface area contributed by atoms with Gasteiger partial charge in [0.25, 0.3) is 0 Å². The molecule has 4 aromatic rings. The van der Waals surface area contributed by atoms with Gasteiger partial charge in [0.2, 0.25) is 0 Å². The van der Waals surface area contributed by atoms with Gasteiger partial charge in [-0.1, -0.05) is 84.9 Å². The third kappa shape index (κ3) is 2.54. The van der Waals surface area contributed by atoms with Crippen LogP contribution in [0.4, 0.5) is 0 Å². The van der Waals surface area contributed by atoms with Crippen LogP contribution >= 0.6 is 0 Å². The largest absolute Gasteiger partial charge is 0.468 e. The van der Waals surface area contributed by atoms with Crippen LogP contribution in [0, 0.1) is 0 Å². The maximum atomic E-state index is 6.98. The minimum absolute atomic E-state index is 0.273. The minimum atomic E-state index is -0.440. The highest BCUT2D eigenvalue weighted by atomic mass is 16.5. The van der Waals surface area contributed by atoms with Gasteiger partial charge in [0, 0.05) is 30.0 Å². The zero-order valence-corrected chi connectivity index (χ0v) is 17.2. The van der Waals surface area contributed by atoms with E-state index in [1.165, 1.54) is 33.0 Å². The number of benzene rings is 4. The number of fused-ring (bicyclic) bond motifs is 5. The average molecular weight is 392 g/mol. The third-order valence-corrected chi connectivity index (χ3v) is 7.01. The first-order valence-corrected chi connectivity index (χ1v) is 10.8. The topological polar surface area (TPSA) is 12.5 Å². The van der Waals surface area contributed by atoms with Crippen LogP contribution < -0.4 is 4.74 Å². The SMILES string of the molecule is CN1CCc2ccccc2[C@@]12C[C@H](c1ccccc1)c1c(ccc3ccccc13)O2. The van der Waals surface area contributed by atoms with Crippen molar-refractivity contribution >= 4 is 10.8 Å². The fraction of sp³-hybridized carbons (Fsp3) is 0.214. The lowest BCUT2D eigenvalue weighted by molar-refractivity contribution is -0.104. The van der Waals surface area contributed by atoms with Crippen molar-refractivity contribution in [3.05, 3.63) is 113 Å². The van der Waals surface area contributed by atoms with Crippen molar-refractivity contribution in [2.45, 2.75) is 24.5 Å². The van der Waals surface area contributed by atoms with Gasteiger partial charge in [-0.3, -0.25) is 4.90 Å². The minimum Gasteiger partial charge on any atom is -0.468 e. The Morgan fingerprint density at radius 1 is 0.833 bits per heavy atom. The fourth-order valence-electron chi connectivity index (χ4n) is 5.49. The van der Waals surface area contributed by atoms with E-state index in [9.17, 15) is 0 Å². The molecule has 0 aliphatic carbocycles. The Morgan fingerprint density at radius 2 is 1.60 bits per heavy atom. The molecule has 0 amide bonds. The number of hydrogen-bond acceptors (Lipinski definition) is 2. The molecule has 30 heavy (non-hydrogen) atoms. The van der Waals surface area contributed by atoms with Gasteiger partial charge in [0.1, 0.15) is 5.75 Å². The van der Waals surface area contributed by atoms with Gasteiger partial charge < -0.3 is 4.74 Å². The summed E-state index contributed by atoms with van der Waals surface area (Å²) in [5, 5.41) is 2.57. The van der Waals surface area contributed by atoms with Crippen LogP contribution in [0.3, 0.4) is 0 Å². The summed E-state index contributed by atoms with van der Waals surface area (Å²) in [6.07, 6.45) is 1.98. The number of nitrogens with zero attached hydrogens (tertiary/aromatic N) is 1. The number of ether oxygens (including phenoxy) is 1. The van der Waals surface area contributed by atoms with Crippen molar-refractivity contribution in [2.24, 2.45) is 0 Å². The van der Waals surface area contributed by atoms with Crippen LogP contribution in [0.1, 0.15) is 34.6 Å². The molecule has 0 saturated heterocycles. The van der Waals surface area contributed by atoms with Crippen molar-refractivity contribution in [1.29, 1.82) is 0 Å². The molecular weight excluding hydrogens is 366 g/mol. The standard InChI is InChI=1S/C28H25NO/c1-29-18-17-22-12-6-8-14-25(22)28(29)19-24(20-9-3-2-4-10-20)27-23-13-7-5-11-21(23)15-16-26(27)30-28/h2-16,24H,17-19H2,1H3/t24-,28+/m1/s1. The highest BCUT2D eigenvalue weighted by Crippen LogP contribution is 2.53. The second kappa shape index (κ2) is 6.72. The molecule has 0 aromatic heterocycles. The van der Waals surface area contributed by atoms with E-state index in [-0.39, 0.29) is 5.92 Å². The van der Waals surface area contributed by atoms with Crippen LogP contribution in [0.5, 0.6) is 5.75 Å². The first kappa shape index (κ1) is 17.7. The van der Waals surface area contributed by atoms with E-state index in [1.54, 1.807) is 0 Å². The molecule has 2 aliphatic heterocycles. The number of rotatable bonds is 1. The molecule has 0 radical (unpaired) electrons. The lowest BCUT2D eigenvalue weighted by Gasteiger charge is -2.51. The third-order valence-electron chi connectivity index (χ3n) is 7.01. The zero-order valence-electron chi connectivity index (χ0n) is 17.2. The second-order valence-electron chi connectivity index (χ2n) is 8.58. The molecule has 2 atom stereocenters.